The normalized spacial score (nSPS) is 13.5. The van der Waals surface area contributed by atoms with Gasteiger partial charge in [-0.15, -0.1) is 0 Å². The van der Waals surface area contributed by atoms with Gasteiger partial charge < -0.3 is 18.9 Å². The summed E-state index contributed by atoms with van der Waals surface area (Å²) in [4.78, 5) is 51.6. The first kappa shape index (κ1) is 38.0. The molecule has 1 aliphatic rings. The number of unbranched alkanes of at least 4 members (excludes halogenated alkanes) is 2. The van der Waals surface area contributed by atoms with Crippen LogP contribution in [0.4, 0.5) is 0 Å². The van der Waals surface area contributed by atoms with E-state index in [1.165, 1.54) is 23.3 Å². The zero-order valence-electron chi connectivity index (χ0n) is 30.1. The Labute approximate surface area is 306 Å². The van der Waals surface area contributed by atoms with Gasteiger partial charge in [0, 0.05) is 0 Å². The molecular weight excluding hydrogens is 656 g/mol. The first-order chi connectivity index (χ1) is 25.3. The van der Waals surface area contributed by atoms with E-state index in [4.69, 9.17) is 18.9 Å². The van der Waals surface area contributed by atoms with Crippen molar-refractivity contribution < 1.29 is 38.1 Å². The average molecular weight is 705 g/mol. The number of esters is 4. The molecule has 0 radical (unpaired) electrons. The van der Waals surface area contributed by atoms with Gasteiger partial charge in [0.05, 0.1) is 22.3 Å². The summed E-state index contributed by atoms with van der Waals surface area (Å²) in [5, 5.41) is 0. The van der Waals surface area contributed by atoms with E-state index in [0.29, 0.717) is 28.2 Å². The van der Waals surface area contributed by atoms with E-state index in [9.17, 15) is 19.2 Å². The molecule has 272 valence electrons. The Morgan fingerprint density at radius 1 is 0.538 bits per heavy atom. The highest BCUT2D eigenvalue weighted by molar-refractivity contribution is 5.93. The van der Waals surface area contributed by atoms with E-state index in [0.717, 1.165) is 70.6 Å². The number of ether oxygens (including phenoxy) is 4. The Kier molecular flexibility index (Phi) is 14.2. The van der Waals surface area contributed by atoms with Crippen LogP contribution in [-0.2, 0) is 22.3 Å². The van der Waals surface area contributed by atoms with Gasteiger partial charge in [0.25, 0.3) is 0 Å². The zero-order chi connectivity index (χ0) is 36.7. The third kappa shape index (κ3) is 11.1. The maximum atomic E-state index is 13.2. The lowest BCUT2D eigenvalue weighted by atomic mass is 9.85. The predicted molar refractivity (Wildman–Crippen MR) is 199 cm³/mol. The van der Waals surface area contributed by atoms with Gasteiger partial charge >= 0.3 is 23.9 Å². The van der Waals surface area contributed by atoms with Crippen LogP contribution in [0, 0.1) is 5.92 Å². The average Bonchev–Trinajstić information content (AvgIpc) is 3.18. The van der Waals surface area contributed by atoms with Crippen LogP contribution in [-0.4, -0.2) is 36.6 Å². The molecule has 8 nitrogen and oxygen atoms in total. The number of benzene rings is 4. The van der Waals surface area contributed by atoms with E-state index in [-0.39, 0.29) is 18.1 Å². The SMILES string of the molecule is CCCCc1ccc(C(=O)Oc2ccc(C(=O)OCC(OC(=O)c3ccc(OC(=O)c4ccc(CCCC)cc4)cc3)C3CCCCC3)cc2)cc1. The first-order valence-corrected chi connectivity index (χ1v) is 18.5. The summed E-state index contributed by atoms with van der Waals surface area (Å²) in [6.45, 7) is 4.19. The number of carbonyl (C=O) groups excluding carboxylic acids is 4. The quantitative estimate of drug-likeness (QED) is 0.0839. The largest absolute Gasteiger partial charge is 0.458 e. The smallest absolute Gasteiger partial charge is 0.343 e. The molecule has 0 saturated heterocycles. The molecule has 5 rings (SSSR count). The highest BCUT2D eigenvalue weighted by atomic mass is 16.6. The van der Waals surface area contributed by atoms with Gasteiger partial charge in [-0.25, -0.2) is 19.2 Å². The van der Waals surface area contributed by atoms with Crippen LogP contribution < -0.4 is 9.47 Å². The van der Waals surface area contributed by atoms with E-state index >= 15 is 0 Å². The van der Waals surface area contributed by atoms with E-state index in [2.05, 4.69) is 13.8 Å². The molecule has 1 unspecified atom stereocenters. The molecule has 1 aliphatic carbocycles. The van der Waals surface area contributed by atoms with Gasteiger partial charge in [0.15, 0.2) is 0 Å². The molecule has 0 heterocycles. The first-order valence-electron chi connectivity index (χ1n) is 18.5. The summed E-state index contributed by atoms with van der Waals surface area (Å²) in [7, 11) is 0. The molecule has 1 fully saturated rings. The van der Waals surface area contributed by atoms with Crippen molar-refractivity contribution in [3.63, 3.8) is 0 Å². The summed E-state index contributed by atoms with van der Waals surface area (Å²) >= 11 is 0. The van der Waals surface area contributed by atoms with Gasteiger partial charge in [0.2, 0.25) is 0 Å². The molecule has 52 heavy (non-hydrogen) atoms. The van der Waals surface area contributed by atoms with Gasteiger partial charge in [-0.2, -0.15) is 0 Å². The Morgan fingerprint density at radius 2 is 0.942 bits per heavy atom. The minimum atomic E-state index is -0.622. The minimum absolute atomic E-state index is 0.0570. The molecule has 0 aromatic heterocycles. The Hall–Kier alpha value is -5.24. The van der Waals surface area contributed by atoms with Crippen LogP contribution in [0.15, 0.2) is 97.1 Å². The third-order valence-electron chi connectivity index (χ3n) is 9.43. The fraction of sp³-hybridized carbons (Fsp3) is 0.364. The Bertz CT molecular complexity index is 1750. The van der Waals surface area contributed by atoms with Crippen LogP contribution in [0.2, 0.25) is 0 Å². The van der Waals surface area contributed by atoms with Gasteiger partial charge in [-0.3, -0.25) is 0 Å². The van der Waals surface area contributed by atoms with Crippen molar-refractivity contribution >= 4 is 23.9 Å². The molecule has 4 aromatic carbocycles. The number of rotatable bonds is 16. The highest BCUT2D eigenvalue weighted by Gasteiger charge is 2.29. The van der Waals surface area contributed by atoms with Crippen molar-refractivity contribution in [1.82, 2.24) is 0 Å². The van der Waals surface area contributed by atoms with E-state index in [1.807, 2.05) is 24.3 Å². The molecule has 1 saturated carbocycles. The van der Waals surface area contributed by atoms with Crippen molar-refractivity contribution in [2.24, 2.45) is 5.92 Å². The van der Waals surface area contributed by atoms with Crippen LogP contribution in [0.3, 0.4) is 0 Å². The molecular formula is C44H48O8. The van der Waals surface area contributed by atoms with Crippen molar-refractivity contribution in [2.45, 2.75) is 90.6 Å². The fourth-order valence-corrected chi connectivity index (χ4v) is 6.25. The van der Waals surface area contributed by atoms with Crippen molar-refractivity contribution in [3.8, 4) is 11.5 Å². The maximum Gasteiger partial charge on any atom is 0.343 e. The van der Waals surface area contributed by atoms with Crippen LogP contribution in [0.25, 0.3) is 0 Å². The number of hydrogen-bond acceptors (Lipinski definition) is 8. The second-order valence-electron chi connectivity index (χ2n) is 13.4. The topological polar surface area (TPSA) is 105 Å². The Morgan fingerprint density at radius 3 is 1.38 bits per heavy atom. The lowest BCUT2D eigenvalue weighted by Gasteiger charge is -2.29. The standard InChI is InChI=1S/C44H48O8/c1-3-5-10-31-14-18-35(19-15-31)42(46)50-38-26-22-34(23-27-38)41(45)49-30-40(33-12-8-7-9-13-33)52-44(48)37-24-28-39(29-25-37)51-43(47)36-20-16-32(17-21-36)11-6-4-2/h14-29,33,40H,3-13,30H2,1-2H3. The lowest BCUT2D eigenvalue weighted by Crippen LogP contribution is -2.33. The van der Waals surface area contributed by atoms with Crippen molar-refractivity contribution in [1.29, 1.82) is 0 Å². The minimum Gasteiger partial charge on any atom is -0.458 e. The van der Waals surface area contributed by atoms with Crippen LogP contribution >= 0.6 is 0 Å². The monoisotopic (exact) mass is 704 g/mol. The maximum absolute atomic E-state index is 13.2. The summed E-state index contributed by atoms with van der Waals surface area (Å²) in [5.41, 5.74) is 3.83. The van der Waals surface area contributed by atoms with Gasteiger partial charge in [-0.05, 0) is 128 Å². The summed E-state index contributed by atoms with van der Waals surface area (Å²) in [6.07, 6.45) is 10.6. The Balaban J connectivity index is 1.14. The van der Waals surface area contributed by atoms with E-state index < -0.39 is 30.0 Å². The molecule has 1 atom stereocenters. The van der Waals surface area contributed by atoms with Gasteiger partial charge in [-0.1, -0.05) is 70.2 Å². The molecule has 8 heteroatoms. The molecule has 0 aliphatic heterocycles. The molecule has 0 bridgehead atoms. The molecule has 4 aromatic rings. The van der Waals surface area contributed by atoms with Gasteiger partial charge in [0.1, 0.15) is 24.2 Å². The number of hydrogen-bond donors (Lipinski definition) is 0. The second kappa shape index (κ2) is 19.4. The molecule has 0 spiro atoms. The number of aryl methyl sites for hydroxylation is 2. The summed E-state index contributed by atoms with van der Waals surface area (Å²) in [5.74, 6) is -1.40. The van der Waals surface area contributed by atoms with E-state index in [1.54, 1.807) is 60.7 Å². The lowest BCUT2D eigenvalue weighted by molar-refractivity contribution is -0.0247. The fourth-order valence-electron chi connectivity index (χ4n) is 6.25. The zero-order valence-corrected chi connectivity index (χ0v) is 30.1. The van der Waals surface area contributed by atoms with Crippen molar-refractivity contribution in [2.75, 3.05) is 6.61 Å². The van der Waals surface area contributed by atoms with Crippen molar-refractivity contribution in [3.05, 3.63) is 130 Å². The summed E-state index contributed by atoms with van der Waals surface area (Å²) < 4.78 is 22.6. The summed E-state index contributed by atoms with van der Waals surface area (Å²) in [6, 6.07) is 27.2. The van der Waals surface area contributed by atoms with Crippen LogP contribution in [0.1, 0.15) is 124 Å². The molecule has 0 N–H and O–H groups in total. The number of carbonyl (C=O) groups is 4. The third-order valence-corrected chi connectivity index (χ3v) is 9.43. The predicted octanol–water partition coefficient (Wildman–Crippen LogP) is 9.77. The highest BCUT2D eigenvalue weighted by Crippen LogP contribution is 2.29. The van der Waals surface area contributed by atoms with Crippen LogP contribution in [0.5, 0.6) is 11.5 Å². The second-order valence-corrected chi connectivity index (χ2v) is 13.4. The molecule has 0 amide bonds.